The van der Waals surface area contributed by atoms with Crippen LogP contribution in [-0.4, -0.2) is 28.8 Å². The Hall–Kier alpha value is -1.27. The predicted molar refractivity (Wildman–Crippen MR) is 87.0 cm³/mol. The number of hydrogen-bond acceptors (Lipinski definition) is 6. The van der Waals surface area contributed by atoms with Gasteiger partial charge in [-0.05, 0) is 34.6 Å². The van der Waals surface area contributed by atoms with Gasteiger partial charge in [-0.2, -0.15) is 0 Å². The lowest BCUT2D eigenvalue weighted by Crippen LogP contribution is -2.37. The molecule has 0 spiro atoms. The van der Waals surface area contributed by atoms with Crippen molar-refractivity contribution in [2.75, 3.05) is 6.54 Å². The van der Waals surface area contributed by atoms with Gasteiger partial charge in [0.15, 0.2) is 0 Å². The summed E-state index contributed by atoms with van der Waals surface area (Å²) in [5, 5.41) is 19.8. The van der Waals surface area contributed by atoms with E-state index >= 15 is 0 Å². The minimum absolute atomic E-state index is 0.138. The van der Waals surface area contributed by atoms with E-state index in [0.717, 1.165) is 5.56 Å². The van der Waals surface area contributed by atoms with Crippen molar-refractivity contribution in [3.63, 3.8) is 0 Å². The highest BCUT2D eigenvalue weighted by Crippen LogP contribution is 2.65. The number of benzene rings is 1. The van der Waals surface area contributed by atoms with Crippen LogP contribution in [0.4, 0.5) is 0 Å². The zero-order valence-electron chi connectivity index (χ0n) is 14.1. The molecule has 23 heavy (non-hydrogen) atoms. The molecule has 1 atom stereocenters. The van der Waals surface area contributed by atoms with Crippen molar-refractivity contribution in [2.24, 2.45) is 0 Å². The Morgan fingerprint density at radius 2 is 1.78 bits per heavy atom. The van der Waals surface area contributed by atoms with Crippen molar-refractivity contribution in [3.05, 3.63) is 45.5 Å². The molecular weight excluding hydrogens is 321 g/mol. The molecule has 0 saturated carbocycles. The highest BCUT2D eigenvalue weighted by atomic mass is 31.2. The van der Waals surface area contributed by atoms with Gasteiger partial charge in [0.05, 0.1) is 12.2 Å². The van der Waals surface area contributed by atoms with Crippen LogP contribution < -0.4 is 0 Å². The third kappa shape index (κ3) is 4.85. The Morgan fingerprint density at radius 1 is 1.26 bits per heavy atom. The van der Waals surface area contributed by atoms with E-state index in [4.69, 9.17) is 9.05 Å². The second-order valence-corrected chi connectivity index (χ2v) is 8.14. The molecule has 1 N–H and O–H groups in total. The van der Waals surface area contributed by atoms with Gasteiger partial charge in [-0.15, -0.1) is 0 Å². The molecular formula is C15H24NO6P. The van der Waals surface area contributed by atoms with Crippen molar-refractivity contribution >= 4 is 7.60 Å². The zero-order chi connectivity index (χ0) is 17.8. The number of hydrogen-bond donors (Lipinski definition) is 1. The second kappa shape index (κ2) is 7.53. The highest BCUT2D eigenvalue weighted by molar-refractivity contribution is 7.55. The van der Waals surface area contributed by atoms with Gasteiger partial charge in [-0.1, -0.05) is 29.8 Å². The zero-order valence-corrected chi connectivity index (χ0v) is 14.9. The first kappa shape index (κ1) is 19.8. The van der Waals surface area contributed by atoms with Gasteiger partial charge in [0.1, 0.15) is 0 Å². The van der Waals surface area contributed by atoms with Gasteiger partial charge in [-0.25, -0.2) is 0 Å². The fourth-order valence-electron chi connectivity index (χ4n) is 2.16. The maximum atomic E-state index is 13.3. The Balaban J connectivity index is 3.51. The first-order valence-electron chi connectivity index (χ1n) is 7.38. The van der Waals surface area contributed by atoms with Gasteiger partial charge < -0.3 is 14.2 Å². The molecule has 0 fully saturated rings. The van der Waals surface area contributed by atoms with Crippen LogP contribution in [-0.2, 0) is 19.0 Å². The lowest BCUT2D eigenvalue weighted by atomic mass is 10.1. The molecule has 0 aliphatic rings. The summed E-state index contributed by atoms with van der Waals surface area (Å²) < 4.78 is 24.1. The van der Waals surface area contributed by atoms with Crippen LogP contribution >= 0.6 is 7.60 Å². The van der Waals surface area contributed by atoms with Gasteiger partial charge in [0.2, 0.25) is 6.54 Å². The van der Waals surface area contributed by atoms with Gasteiger partial charge in [-0.3, -0.25) is 14.7 Å². The van der Waals surface area contributed by atoms with Crippen LogP contribution in [0.5, 0.6) is 0 Å². The predicted octanol–water partition coefficient (Wildman–Crippen LogP) is 3.46. The van der Waals surface area contributed by atoms with Crippen LogP contribution in [0.1, 0.15) is 38.8 Å². The molecule has 1 aromatic carbocycles. The Morgan fingerprint density at radius 3 is 2.17 bits per heavy atom. The van der Waals surface area contributed by atoms with E-state index < -0.39 is 36.6 Å². The van der Waals surface area contributed by atoms with Gasteiger partial charge >= 0.3 is 7.60 Å². The largest absolute Gasteiger partial charge is 0.374 e. The smallest absolute Gasteiger partial charge is 0.368 e. The van der Waals surface area contributed by atoms with Gasteiger partial charge in [0.25, 0.3) is 5.34 Å². The number of aliphatic hydroxyl groups is 1. The van der Waals surface area contributed by atoms with Crippen LogP contribution in [0.2, 0.25) is 0 Å². The van der Waals surface area contributed by atoms with E-state index in [1.807, 2.05) is 0 Å². The molecule has 0 radical (unpaired) electrons. The number of nitro groups is 1. The van der Waals surface area contributed by atoms with Crippen molar-refractivity contribution in [3.8, 4) is 0 Å². The highest BCUT2D eigenvalue weighted by Gasteiger charge is 2.56. The van der Waals surface area contributed by atoms with Crippen molar-refractivity contribution in [1.82, 2.24) is 0 Å². The molecule has 1 rings (SSSR count). The van der Waals surface area contributed by atoms with E-state index in [1.54, 1.807) is 52.8 Å². The van der Waals surface area contributed by atoms with Crippen molar-refractivity contribution in [2.45, 2.75) is 52.2 Å². The number of nitrogens with zero attached hydrogens (tertiary/aromatic N) is 1. The first-order chi connectivity index (χ1) is 10.5. The fourth-order valence-corrected chi connectivity index (χ4v) is 4.42. The summed E-state index contributed by atoms with van der Waals surface area (Å²) in [7, 11) is -4.24. The van der Waals surface area contributed by atoms with E-state index in [9.17, 15) is 19.8 Å². The van der Waals surface area contributed by atoms with Crippen LogP contribution in [0, 0.1) is 17.0 Å². The third-order valence-electron chi connectivity index (χ3n) is 2.98. The average molecular weight is 345 g/mol. The summed E-state index contributed by atoms with van der Waals surface area (Å²) in [6, 6.07) is 6.43. The summed E-state index contributed by atoms with van der Waals surface area (Å²) in [5.74, 6) is 0. The van der Waals surface area contributed by atoms with E-state index in [1.165, 1.54) is 6.07 Å². The molecule has 0 aliphatic heterocycles. The Labute approximate surface area is 136 Å². The monoisotopic (exact) mass is 345 g/mol. The fraction of sp³-hybridized carbons (Fsp3) is 0.600. The maximum absolute atomic E-state index is 13.3. The molecule has 130 valence electrons. The minimum atomic E-state index is -4.24. The summed E-state index contributed by atoms with van der Waals surface area (Å²) in [4.78, 5) is 10.4. The van der Waals surface area contributed by atoms with Crippen LogP contribution in [0.3, 0.4) is 0 Å². The van der Waals surface area contributed by atoms with Crippen LogP contribution in [0.25, 0.3) is 0 Å². The normalized spacial score (nSPS) is 15.0. The molecule has 7 nitrogen and oxygen atoms in total. The first-order valence-corrected chi connectivity index (χ1v) is 8.92. The second-order valence-electron chi connectivity index (χ2n) is 5.98. The molecule has 0 aliphatic carbocycles. The quantitative estimate of drug-likeness (QED) is 0.440. The minimum Gasteiger partial charge on any atom is -0.368 e. The van der Waals surface area contributed by atoms with Crippen molar-refractivity contribution in [1.29, 1.82) is 0 Å². The molecule has 0 heterocycles. The van der Waals surface area contributed by atoms with Crippen molar-refractivity contribution < 1.29 is 23.6 Å². The SMILES string of the molecule is Cc1cccc(C(O)(C[N+](=O)[O-])P(=O)(OC(C)C)OC(C)C)c1. The molecule has 1 unspecified atom stereocenters. The van der Waals surface area contributed by atoms with E-state index in [2.05, 4.69) is 0 Å². The van der Waals surface area contributed by atoms with Crippen LogP contribution in [0.15, 0.2) is 24.3 Å². The Bertz CT molecular complexity index is 589. The topological polar surface area (TPSA) is 98.9 Å². The number of aryl methyl sites for hydroxylation is 1. The summed E-state index contributed by atoms with van der Waals surface area (Å²) in [5.41, 5.74) is 0.906. The average Bonchev–Trinajstić information content (AvgIpc) is 2.35. The number of rotatable bonds is 8. The molecule has 1 aromatic rings. The molecule has 0 aromatic heterocycles. The molecule has 0 amide bonds. The van der Waals surface area contributed by atoms with Gasteiger partial charge in [0, 0.05) is 10.5 Å². The third-order valence-corrected chi connectivity index (χ3v) is 5.69. The molecule has 0 bridgehead atoms. The standard InChI is InChI=1S/C15H24NO6P/c1-11(2)21-23(20,22-12(3)4)15(17,10-16(18)19)14-8-6-7-13(5)9-14/h6-9,11-12,17H,10H2,1-5H3. The molecule has 8 heteroatoms. The maximum Gasteiger partial charge on any atom is 0.374 e. The Kier molecular flexibility index (Phi) is 6.48. The summed E-state index contributed by atoms with van der Waals surface area (Å²) in [6.45, 7) is 7.29. The summed E-state index contributed by atoms with van der Waals surface area (Å²) in [6.07, 6.45) is -1.08. The lowest BCUT2D eigenvalue weighted by Gasteiger charge is -2.34. The summed E-state index contributed by atoms with van der Waals surface area (Å²) >= 11 is 0. The van der Waals surface area contributed by atoms with E-state index in [-0.39, 0.29) is 5.56 Å². The molecule has 0 saturated heterocycles. The lowest BCUT2D eigenvalue weighted by molar-refractivity contribution is -0.496. The van der Waals surface area contributed by atoms with E-state index in [0.29, 0.717) is 0 Å².